The summed E-state index contributed by atoms with van der Waals surface area (Å²) < 4.78 is 0. The van der Waals surface area contributed by atoms with E-state index in [9.17, 15) is 19.8 Å². The van der Waals surface area contributed by atoms with E-state index in [-0.39, 0.29) is 12.8 Å². The SMILES string of the molecule is CCCCCCCCCCCCCCC(CCCCCCCCCCCCCC)(CCC(=O)O)C(=O)O. The number of unbranched alkanes of at least 4 members (excludes halogenated alkanes) is 22. The van der Waals surface area contributed by atoms with Crippen LogP contribution in [0.2, 0.25) is 0 Å². The molecule has 0 amide bonds. The van der Waals surface area contributed by atoms with Gasteiger partial charge >= 0.3 is 11.9 Å². The van der Waals surface area contributed by atoms with Crippen LogP contribution in [-0.2, 0) is 9.59 Å². The van der Waals surface area contributed by atoms with Gasteiger partial charge in [-0.25, -0.2) is 0 Å². The Kier molecular flexibility index (Phi) is 25.8. The molecule has 0 unspecified atom stereocenters. The van der Waals surface area contributed by atoms with Crippen molar-refractivity contribution in [2.75, 3.05) is 0 Å². The zero-order valence-electron chi connectivity index (χ0n) is 25.0. The zero-order valence-corrected chi connectivity index (χ0v) is 25.0. The summed E-state index contributed by atoms with van der Waals surface area (Å²) >= 11 is 0. The van der Waals surface area contributed by atoms with Crippen LogP contribution in [0.5, 0.6) is 0 Å². The van der Waals surface area contributed by atoms with Gasteiger partial charge in [0.2, 0.25) is 0 Å². The third-order valence-electron chi connectivity index (χ3n) is 8.29. The van der Waals surface area contributed by atoms with Gasteiger partial charge in [0, 0.05) is 6.42 Å². The van der Waals surface area contributed by atoms with Crippen LogP contribution in [0.1, 0.15) is 194 Å². The van der Waals surface area contributed by atoms with E-state index in [4.69, 9.17) is 0 Å². The molecule has 0 rings (SSSR count). The maximum absolute atomic E-state index is 12.3. The van der Waals surface area contributed by atoms with E-state index in [1.54, 1.807) is 0 Å². The van der Waals surface area contributed by atoms with Gasteiger partial charge in [0.05, 0.1) is 5.41 Å². The molecule has 0 bridgehead atoms. The number of rotatable bonds is 30. The Morgan fingerprint density at radius 3 is 0.946 bits per heavy atom. The van der Waals surface area contributed by atoms with Crippen molar-refractivity contribution in [3.05, 3.63) is 0 Å². The van der Waals surface area contributed by atoms with E-state index in [2.05, 4.69) is 13.8 Å². The molecule has 0 aliphatic carbocycles. The molecule has 0 spiro atoms. The van der Waals surface area contributed by atoms with Crippen molar-refractivity contribution in [3.8, 4) is 0 Å². The molecule has 0 radical (unpaired) electrons. The topological polar surface area (TPSA) is 74.6 Å². The van der Waals surface area contributed by atoms with Gasteiger partial charge in [-0.15, -0.1) is 0 Å². The van der Waals surface area contributed by atoms with E-state index in [0.717, 1.165) is 25.7 Å². The van der Waals surface area contributed by atoms with Crippen LogP contribution in [0.25, 0.3) is 0 Å². The Bertz CT molecular complexity index is 488. The summed E-state index contributed by atoms with van der Waals surface area (Å²) in [6, 6.07) is 0. The fraction of sp³-hybridized carbons (Fsp3) is 0.939. The minimum Gasteiger partial charge on any atom is -0.481 e. The smallest absolute Gasteiger partial charge is 0.309 e. The Labute approximate surface area is 230 Å². The van der Waals surface area contributed by atoms with Gasteiger partial charge in [0.15, 0.2) is 0 Å². The number of hydrogen-bond donors (Lipinski definition) is 2. The number of aliphatic carboxylic acids is 2. The highest BCUT2D eigenvalue weighted by Crippen LogP contribution is 2.37. The molecule has 0 aliphatic rings. The second kappa shape index (κ2) is 26.5. The lowest BCUT2D eigenvalue weighted by atomic mass is 9.74. The molecular weight excluding hydrogens is 460 g/mol. The minimum absolute atomic E-state index is 0.0389. The van der Waals surface area contributed by atoms with Crippen LogP contribution < -0.4 is 0 Å². The van der Waals surface area contributed by atoms with E-state index < -0.39 is 17.4 Å². The second-order valence-electron chi connectivity index (χ2n) is 11.8. The highest BCUT2D eigenvalue weighted by molar-refractivity contribution is 5.76. The molecule has 0 atom stereocenters. The highest BCUT2D eigenvalue weighted by Gasteiger charge is 2.37. The summed E-state index contributed by atoms with van der Waals surface area (Å²) in [7, 11) is 0. The number of hydrogen-bond acceptors (Lipinski definition) is 2. The Balaban J connectivity index is 4.11. The lowest BCUT2D eigenvalue weighted by molar-refractivity contribution is -0.151. The maximum Gasteiger partial charge on any atom is 0.309 e. The Hall–Kier alpha value is -1.06. The van der Waals surface area contributed by atoms with Gasteiger partial charge in [-0.2, -0.15) is 0 Å². The van der Waals surface area contributed by atoms with Gasteiger partial charge < -0.3 is 10.2 Å². The molecule has 0 aromatic heterocycles. The van der Waals surface area contributed by atoms with E-state index in [1.165, 1.54) is 128 Å². The molecule has 0 aromatic rings. The number of carbonyl (C=O) groups is 2. The van der Waals surface area contributed by atoms with Crippen LogP contribution in [0, 0.1) is 5.41 Å². The molecule has 0 saturated heterocycles. The van der Waals surface area contributed by atoms with Crippen molar-refractivity contribution in [3.63, 3.8) is 0 Å². The third-order valence-corrected chi connectivity index (χ3v) is 8.29. The summed E-state index contributed by atoms with van der Waals surface area (Å²) in [5.41, 5.74) is -0.852. The minimum atomic E-state index is -0.880. The number of carboxylic acid groups (broad SMARTS) is 2. The molecule has 220 valence electrons. The second-order valence-corrected chi connectivity index (χ2v) is 11.8. The number of carboxylic acids is 2. The van der Waals surface area contributed by atoms with E-state index in [0.29, 0.717) is 12.8 Å². The van der Waals surface area contributed by atoms with Crippen LogP contribution in [-0.4, -0.2) is 22.2 Å². The van der Waals surface area contributed by atoms with Gasteiger partial charge in [0.1, 0.15) is 0 Å². The quantitative estimate of drug-likeness (QED) is 0.0916. The first kappa shape index (κ1) is 35.9. The lowest BCUT2D eigenvalue weighted by Crippen LogP contribution is -2.32. The van der Waals surface area contributed by atoms with Gasteiger partial charge in [-0.3, -0.25) is 9.59 Å². The van der Waals surface area contributed by atoms with E-state index in [1.807, 2.05) is 0 Å². The molecule has 4 heteroatoms. The fourth-order valence-corrected chi connectivity index (χ4v) is 5.65. The van der Waals surface area contributed by atoms with Crippen molar-refractivity contribution in [1.29, 1.82) is 0 Å². The molecule has 0 aromatic carbocycles. The summed E-state index contributed by atoms with van der Waals surface area (Å²) in [6.07, 6.45) is 31.7. The first-order valence-corrected chi connectivity index (χ1v) is 16.4. The predicted molar refractivity (Wildman–Crippen MR) is 158 cm³/mol. The standard InChI is InChI=1S/C33H64O4/c1-3-5-7-9-11-13-15-17-19-21-23-25-28-33(32(36)37,30-27-31(34)35)29-26-24-22-20-18-16-14-12-10-8-6-4-2/h3-30H2,1-2H3,(H,34,35)(H,36,37). The van der Waals surface area contributed by atoms with Crippen molar-refractivity contribution in [2.24, 2.45) is 5.41 Å². The van der Waals surface area contributed by atoms with E-state index >= 15 is 0 Å². The monoisotopic (exact) mass is 524 g/mol. The predicted octanol–water partition coefficient (Wildman–Crippen LogP) is 11.1. The van der Waals surface area contributed by atoms with Crippen molar-refractivity contribution in [1.82, 2.24) is 0 Å². The van der Waals surface area contributed by atoms with Crippen LogP contribution >= 0.6 is 0 Å². The molecule has 4 nitrogen and oxygen atoms in total. The first-order valence-electron chi connectivity index (χ1n) is 16.4. The Morgan fingerprint density at radius 1 is 0.432 bits per heavy atom. The van der Waals surface area contributed by atoms with Gasteiger partial charge in [-0.1, -0.05) is 168 Å². The summed E-state index contributed by atoms with van der Waals surface area (Å²) in [5.74, 6) is -1.66. The molecule has 0 aliphatic heterocycles. The third kappa shape index (κ3) is 22.6. The van der Waals surface area contributed by atoms with Crippen LogP contribution in [0.4, 0.5) is 0 Å². The lowest BCUT2D eigenvalue weighted by Gasteiger charge is -2.29. The van der Waals surface area contributed by atoms with Gasteiger partial charge in [-0.05, 0) is 19.3 Å². The average molecular weight is 525 g/mol. The molecule has 37 heavy (non-hydrogen) atoms. The fourth-order valence-electron chi connectivity index (χ4n) is 5.65. The normalized spacial score (nSPS) is 11.7. The first-order chi connectivity index (χ1) is 18.0. The van der Waals surface area contributed by atoms with Crippen molar-refractivity contribution >= 4 is 11.9 Å². The largest absolute Gasteiger partial charge is 0.481 e. The maximum atomic E-state index is 12.3. The molecular formula is C33H64O4. The Morgan fingerprint density at radius 2 is 0.703 bits per heavy atom. The molecule has 0 saturated carbocycles. The summed E-state index contributed by atoms with van der Waals surface area (Å²) in [5, 5.41) is 19.3. The molecule has 0 heterocycles. The molecule has 0 fully saturated rings. The molecule has 2 N–H and O–H groups in total. The van der Waals surface area contributed by atoms with Crippen LogP contribution in [0.15, 0.2) is 0 Å². The van der Waals surface area contributed by atoms with Crippen LogP contribution in [0.3, 0.4) is 0 Å². The van der Waals surface area contributed by atoms with Crippen molar-refractivity contribution < 1.29 is 19.8 Å². The highest BCUT2D eigenvalue weighted by atomic mass is 16.4. The summed E-state index contributed by atoms with van der Waals surface area (Å²) in [6.45, 7) is 4.51. The average Bonchev–Trinajstić information content (AvgIpc) is 2.87. The summed E-state index contributed by atoms with van der Waals surface area (Å²) in [4.78, 5) is 23.5. The zero-order chi connectivity index (χ0) is 27.5. The van der Waals surface area contributed by atoms with Gasteiger partial charge in [0.25, 0.3) is 0 Å². The van der Waals surface area contributed by atoms with Crippen molar-refractivity contribution in [2.45, 2.75) is 194 Å².